The highest BCUT2D eigenvalue weighted by molar-refractivity contribution is 5.64. The number of benzene rings is 1. The normalized spacial score (nSPS) is 20.8. The monoisotopic (exact) mass is 386 g/mol. The molecule has 3 rings (SSSR count). The zero-order valence-corrected chi connectivity index (χ0v) is 17.1. The average molecular weight is 386 g/mol. The van der Waals surface area contributed by atoms with Crippen molar-refractivity contribution in [3.05, 3.63) is 41.5 Å². The summed E-state index contributed by atoms with van der Waals surface area (Å²) < 4.78 is 8.17. The number of nitrogens with one attached hydrogen (secondary N) is 1. The molecule has 0 saturated heterocycles. The number of nitrogens with zero attached hydrogens (tertiary/aromatic N) is 3. The molecule has 1 saturated carbocycles. The molecule has 1 aromatic carbocycles. The molecule has 1 heterocycles. The smallest absolute Gasteiger partial charge is 0.404 e. The maximum absolute atomic E-state index is 10.8. The minimum Gasteiger partial charge on any atom is -0.483 e. The van der Waals surface area contributed by atoms with Crippen LogP contribution in [0.2, 0.25) is 0 Å². The standard InChI is InChI=1S/C21H30N4O3/c1-13(2)16-6-5-7-18(12-16)28-14(3)19-23-24-20(25(19)4)15-8-10-17(11-9-15)22-21(26)27/h5-7,12-15,17,22H,8-11H2,1-4H3,(H,26,27)/t14?,15-,17-. The maximum atomic E-state index is 10.8. The summed E-state index contributed by atoms with van der Waals surface area (Å²) in [6, 6.07) is 8.21. The second-order valence-electron chi connectivity index (χ2n) is 7.96. The van der Waals surface area contributed by atoms with E-state index in [4.69, 9.17) is 9.84 Å². The highest BCUT2D eigenvalue weighted by Gasteiger charge is 2.28. The Kier molecular flexibility index (Phi) is 6.21. The molecular formula is C21H30N4O3. The van der Waals surface area contributed by atoms with E-state index in [1.54, 1.807) is 0 Å². The number of amides is 1. The molecule has 0 radical (unpaired) electrons. The Morgan fingerprint density at radius 3 is 2.57 bits per heavy atom. The van der Waals surface area contributed by atoms with E-state index in [-0.39, 0.29) is 12.1 Å². The first-order valence-electron chi connectivity index (χ1n) is 10.0. The van der Waals surface area contributed by atoms with Gasteiger partial charge in [0.05, 0.1) is 0 Å². The van der Waals surface area contributed by atoms with Gasteiger partial charge in [-0.1, -0.05) is 26.0 Å². The van der Waals surface area contributed by atoms with Crippen LogP contribution in [0.3, 0.4) is 0 Å². The summed E-state index contributed by atoms with van der Waals surface area (Å²) in [5.74, 6) is 3.34. The van der Waals surface area contributed by atoms with Gasteiger partial charge in [-0.05, 0) is 56.2 Å². The van der Waals surface area contributed by atoms with Gasteiger partial charge in [0, 0.05) is 19.0 Å². The number of carboxylic acid groups (broad SMARTS) is 1. The summed E-state index contributed by atoms with van der Waals surface area (Å²) >= 11 is 0. The Morgan fingerprint density at radius 2 is 1.93 bits per heavy atom. The molecule has 1 unspecified atom stereocenters. The summed E-state index contributed by atoms with van der Waals surface area (Å²) in [6.45, 7) is 6.32. The maximum Gasteiger partial charge on any atom is 0.404 e. The summed E-state index contributed by atoms with van der Waals surface area (Å²) in [6.07, 6.45) is 2.31. The largest absolute Gasteiger partial charge is 0.483 e. The van der Waals surface area contributed by atoms with Crippen molar-refractivity contribution in [2.75, 3.05) is 0 Å². The topological polar surface area (TPSA) is 89.3 Å². The van der Waals surface area contributed by atoms with Crippen LogP contribution in [0.25, 0.3) is 0 Å². The van der Waals surface area contributed by atoms with E-state index in [0.717, 1.165) is 43.1 Å². The Morgan fingerprint density at radius 1 is 1.21 bits per heavy atom. The van der Waals surface area contributed by atoms with Gasteiger partial charge in [0.15, 0.2) is 11.9 Å². The molecule has 1 aliphatic carbocycles. The van der Waals surface area contributed by atoms with Gasteiger partial charge >= 0.3 is 6.09 Å². The van der Waals surface area contributed by atoms with E-state index in [0.29, 0.717) is 11.8 Å². The van der Waals surface area contributed by atoms with Crippen molar-refractivity contribution in [2.24, 2.45) is 7.05 Å². The first kappa shape index (κ1) is 20.2. The van der Waals surface area contributed by atoms with E-state index in [9.17, 15) is 4.79 Å². The lowest BCUT2D eigenvalue weighted by Crippen LogP contribution is -2.36. The molecule has 0 bridgehead atoms. The predicted octanol–water partition coefficient (Wildman–Crippen LogP) is 4.37. The number of rotatable bonds is 6. The van der Waals surface area contributed by atoms with Gasteiger partial charge in [0.1, 0.15) is 11.6 Å². The lowest BCUT2D eigenvalue weighted by atomic mass is 9.85. The van der Waals surface area contributed by atoms with Crippen molar-refractivity contribution in [1.82, 2.24) is 20.1 Å². The fraction of sp³-hybridized carbons (Fsp3) is 0.571. The quantitative estimate of drug-likeness (QED) is 0.769. The lowest BCUT2D eigenvalue weighted by molar-refractivity contribution is 0.184. The van der Waals surface area contributed by atoms with E-state index < -0.39 is 6.09 Å². The molecule has 1 atom stereocenters. The minimum atomic E-state index is -0.947. The molecule has 0 aliphatic heterocycles. The van der Waals surface area contributed by atoms with Gasteiger partial charge in [0.2, 0.25) is 0 Å². The Bertz CT molecular complexity index is 810. The first-order valence-corrected chi connectivity index (χ1v) is 10.0. The van der Waals surface area contributed by atoms with Crippen LogP contribution in [0.5, 0.6) is 5.75 Å². The summed E-state index contributed by atoms with van der Waals surface area (Å²) in [5.41, 5.74) is 1.25. The van der Waals surface area contributed by atoms with Crippen molar-refractivity contribution in [2.45, 2.75) is 70.4 Å². The van der Waals surface area contributed by atoms with E-state index in [1.807, 2.05) is 30.7 Å². The van der Waals surface area contributed by atoms with Gasteiger partial charge in [-0.25, -0.2) is 4.79 Å². The number of aromatic nitrogens is 3. The van der Waals surface area contributed by atoms with E-state index in [1.165, 1.54) is 5.56 Å². The first-order chi connectivity index (χ1) is 13.3. The SMILES string of the molecule is CC(C)c1cccc(OC(C)c2nnc([C@H]3CC[C@H](NC(=O)O)CC3)n2C)c1. The second kappa shape index (κ2) is 8.63. The van der Waals surface area contributed by atoms with Gasteiger partial charge in [-0.15, -0.1) is 10.2 Å². The third-order valence-electron chi connectivity index (χ3n) is 5.56. The molecule has 28 heavy (non-hydrogen) atoms. The Hall–Kier alpha value is -2.57. The van der Waals surface area contributed by atoms with Gasteiger partial charge in [-0.3, -0.25) is 0 Å². The second-order valence-corrected chi connectivity index (χ2v) is 7.96. The van der Waals surface area contributed by atoms with Crippen LogP contribution in [-0.2, 0) is 7.05 Å². The van der Waals surface area contributed by atoms with Gasteiger partial charge in [-0.2, -0.15) is 0 Å². The summed E-state index contributed by atoms with van der Waals surface area (Å²) in [7, 11) is 1.98. The van der Waals surface area contributed by atoms with Crippen LogP contribution in [0, 0.1) is 0 Å². The molecule has 7 heteroatoms. The van der Waals surface area contributed by atoms with Crippen molar-refractivity contribution in [1.29, 1.82) is 0 Å². The molecule has 0 spiro atoms. The van der Waals surface area contributed by atoms with E-state index in [2.05, 4.69) is 41.5 Å². The molecule has 1 aromatic heterocycles. The third kappa shape index (κ3) is 4.64. The number of hydrogen-bond acceptors (Lipinski definition) is 4. The third-order valence-corrected chi connectivity index (χ3v) is 5.56. The Labute approximate surface area is 166 Å². The van der Waals surface area contributed by atoms with Crippen LogP contribution in [-0.4, -0.2) is 32.0 Å². The van der Waals surface area contributed by atoms with Gasteiger partial charge < -0.3 is 19.7 Å². The molecule has 1 amide bonds. The molecular weight excluding hydrogens is 356 g/mol. The number of ether oxygens (including phenoxy) is 1. The van der Waals surface area contributed by atoms with Gasteiger partial charge in [0.25, 0.3) is 0 Å². The fourth-order valence-corrected chi connectivity index (χ4v) is 3.94. The summed E-state index contributed by atoms with van der Waals surface area (Å²) in [5, 5.41) is 20.3. The molecule has 1 aliphatic rings. The molecule has 2 N–H and O–H groups in total. The van der Waals surface area contributed by atoms with Crippen molar-refractivity contribution < 1.29 is 14.6 Å². The van der Waals surface area contributed by atoms with Crippen LogP contribution in [0.4, 0.5) is 4.79 Å². The molecule has 152 valence electrons. The van der Waals surface area contributed by atoms with Crippen molar-refractivity contribution in [3.63, 3.8) is 0 Å². The highest BCUT2D eigenvalue weighted by Crippen LogP contribution is 2.33. The molecule has 1 fully saturated rings. The number of hydrogen-bond donors (Lipinski definition) is 2. The fourth-order valence-electron chi connectivity index (χ4n) is 3.94. The predicted molar refractivity (Wildman–Crippen MR) is 107 cm³/mol. The highest BCUT2D eigenvalue weighted by atomic mass is 16.5. The molecule has 7 nitrogen and oxygen atoms in total. The van der Waals surface area contributed by atoms with Crippen molar-refractivity contribution >= 4 is 6.09 Å². The Balaban J connectivity index is 1.66. The van der Waals surface area contributed by atoms with Crippen LogP contribution in [0.15, 0.2) is 24.3 Å². The zero-order chi connectivity index (χ0) is 20.3. The molecule has 2 aromatic rings. The lowest BCUT2D eigenvalue weighted by Gasteiger charge is -2.27. The zero-order valence-electron chi connectivity index (χ0n) is 17.1. The van der Waals surface area contributed by atoms with Crippen molar-refractivity contribution in [3.8, 4) is 5.75 Å². The minimum absolute atomic E-state index is 0.0388. The van der Waals surface area contributed by atoms with Crippen LogP contribution < -0.4 is 10.1 Å². The number of carbonyl (C=O) groups is 1. The van der Waals surface area contributed by atoms with Crippen LogP contribution >= 0.6 is 0 Å². The average Bonchev–Trinajstić information content (AvgIpc) is 3.03. The summed E-state index contributed by atoms with van der Waals surface area (Å²) in [4.78, 5) is 10.8. The van der Waals surface area contributed by atoms with E-state index >= 15 is 0 Å². The van der Waals surface area contributed by atoms with Crippen LogP contribution in [0.1, 0.15) is 81.6 Å².